The molecule has 0 aromatic rings. The number of hydrogen-bond donors (Lipinski definition) is 10. The molecule has 4 aliphatic heterocycles. The van der Waals surface area contributed by atoms with E-state index in [4.69, 9.17) is 33.2 Å². The summed E-state index contributed by atoms with van der Waals surface area (Å²) in [5, 5.41) is 108. The fourth-order valence-corrected chi connectivity index (χ4v) is 15.7. The molecule has 67 heavy (non-hydrogen) atoms. The molecule has 10 N–H and O–H groups in total. The number of aliphatic carboxylic acids is 1. The lowest BCUT2D eigenvalue weighted by atomic mass is 9.33. The van der Waals surface area contributed by atoms with Gasteiger partial charge in [-0.05, 0) is 91.3 Å². The van der Waals surface area contributed by atoms with Crippen molar-refractivity contribution in [2.75, 3.05) is 6.61 Å². The molecule has 1 spiro atoms. The van der Waals surface area contributed by atoms with Crippen LogP contribution in [0.25, 0.3) is 0 Å². The van der Waals surface area contributed by atoms with Crippen LogP contribution in [-0.4, -0.2) is 180 Å². The summed E-state index contributed by atoms with van der Waals surface area (Å²) in [5.41, 5.74) is -1.46. The van der Waals surface area contributed by atoms with Crippen molar-refractivity contribution in [3.63, 3.8) is 0 Å². The van der Waals surface area contributed by atoms with E-state index in [9.17, 15) is 60.7 Å². The van der Waals surface area contributed by atoms with Crippen molar-refractivity contribution in [3.05, 3.63) is 11.6 Å². The molecule has 2 bridgehead atoms. The third kappa shape index (κ3) is 7.21. The summed E-state index contributed by atoms with van der Waals surface area (Å²) in [5.74, 6) is -1.76. The molecule has 9 rings (SSSR count). The molecule has 0 aromatic carbocycles. The Labute approximate surface area is 390 Å². The van der Waals surface area contributed by atoms with Crippen molar-refractivity contribution in [2.45, 2.75) is 217 Å². The van der Waals surface area contributed by atoms with Gasteiger partial charge in [0.2, 0.25) is 0 Å². The largest absolute Gasteiger partial charge is 0.479 e. The summed E-state index contributed by atoms with van der Waals surface area (Å²) in [6.45, 7) is 16.1. The SMILES string of the molecule is C[C@@H]1O[C@@H](O[C@H]2[C@H](O[C@H]3[C@H](O[C@H]4CC[C@]5(C)[C@H]6CC=C7[C@@H]8CC(C)(C)C[C@H](O)[C@]89C[C@@H](OC9=O)[C@@]7(C)[C@]6(C)CC[C@H]5C4(C)C)O[C@H](C(=O)O)[C@@H](O)[C@@H]3O)O[C@H](CO)[C@@H](O)[C@@H]2O)[C@H](O)[C@H](O)[C@H]1O. The second-order valence-electron chi connectivity index (χ2n) is 23.8. The Kier molecular flexibility index (Phi) is 12.6. The second-order valence-corrected chi connectivity index (χ2v) is 23.8. The fraction of sp³-hybridized carbons (Fsp3) is 0.917. The van der Waals surface area contributed by atoms with E-state index in [0.717, 1.165) is 25.7 Å². The maximum absolute atomic E-state index is 14.0. The number of rotatable bonds is 8. The lowest BCUT2D eigenvalue weighted by Crippen LogP contribution is -2.68. The maximum atomic E-state index is 14.0. The van der Waals surface area contributed by atoms with Gasteiger partial charge in [-0.25, -0.2) is 4.79 Å². The Morgan fingerprint density at radius 2 is 1.36 bits per heavy atom. The molecule has 0 amide bonds. The number of esters is 1. The summed E-state index contributed by atoms with van der Waals surface area (Å²) in [7, 11) is 0. The fourth-order valence-electron chi connectivity index (χ4n) is 15.7. The van der Waals surface area contributed by atoms with Crippen LogP contribution in [0.3, 0.4) is 0 Å². The molecule has 8 fully saturated rings. The minimum atomic E-state index is -2.05. The number of ether oxygens (including phenoxy) is 7. The van der Waals surface area contributed by atoms with Crippen LogP contribution in [-0.2, 0) is 42.7 Å². The summed E-state index contributed by atoms with van der Waals surface area (Å²) in [4.78, 5) is 26.5. The van der Waals surface area contributed by atoms with Gasteiger partial charge in [0.25, 0.3) is 0 Å². The predicted octanol–water partition coefficient (Wildman–Crippen LogP) is 0.248. The number of hydrogen-bond acceptors (Lipinski definition) is 18. The molecule has 25 atom stereocenters. The van der Waals surface area contributed by atoms with Gasteiger partial charge >= 0.3 is 11.9 Å². The number of aliphatic hydroxyl groups is 9. The molecule has 9 aliphatic rings. The van der Waals surface area contributed by atoms with E-state index >= 15 is 0 Å². The topological polar surface area (TPSA) is 301 Å². The van der Waals surface area contributed by atoms with E-state index in [1.54, 1.807) is 0 Å². The standard InChI is InChI=1S/C48H74O19/c1-19-28(51)30(53)34(57)39(61-19)66-36-31(54)29(52)22(18-49)62-40(36)67-37-33(56)32(55)35(38(58)59)65-41(37)63-26-12-13-45(6)23(44(26,4)5)11-14-46(7)24(45)10-9-20-21-15-43(2,3)16-25(50)48(21)17-27(47(20,46)8)64-42(48)60/h9,19,21-37,39-41,49-57H,10-18H2,1-8H3,(H,58,59)/t19-,21-,22+,23-,24+,25-,26-,27+,28-,29+,30+,31-,32-,33-,34+,35-,36+,37+,39-,40-,41+,45-,46+,47-,48-/m0/s1. The van der Waals surface area contributed by atoms with Crippen LogP contribution in [0.2, 0.25) is 0 Å². The van der Waals surface area contributed by atoms with Crippen LogP contribution in [0.5, 0.6) is 0 Å². The van der Waals surface area contributed by atoms with Gasteiger partial charge in [0.05, 0.1) is 24.9 Å². The van der Waals surface area contributed by atoms with Gasteiger partial charge in [-0.2, -0.15) is 0 Å². The summed E-state index contributed by atoms with van der Waals surface area (Å²) < 4.78 is 42.7. The normalized spacial score (nSPS) is 55.5. The minimum Gasteiger partial charge on any atom is -0.479 e. The number of fused-ring (bicyclic) bond motifs is 8. The molecule has 19 heteroatoms. The summed E-state index contributed by atoms with van der Waals surface area (Å²) >= 11 is 0. The monoisotopic (exact) mass is 954 g/mol. The van der Waals surface area contributed by atoms with Gasteiger partial charge in [-0.3, -0.25) is 4.79 Å². The van der Waals surface area contributed by atoms with Crippen LogP contribution >= 0.6 is 0 Å². The van der Waals surface area contributed by atoms with E-state index in [0.29, 0.717) is 25.7 Å². The highest BCUT2D eigenvalue weighted by atomic mass is 16.8. The molecule has 4 saturated heterocycles. The Morgan fingerprint density at radius 1 is 0.716 bits per heavy atom. The number of aliphatic hydroxyl groups excluding tert-OH is 9. The van der Waals surface area contributed by atoms with E-state index in [2.05, 4.69) is 54.5 Å². The molecular formula is C48H74O19. The van der Waals surface area contributed by atoms with Crippen LogP contribution in [0.4, 0.5) is 0 Å². The molecule has 0 radical (unpaired) electrons. The highest BCUT2D eigenvalue weighted by Gasteiger charge is 2.77. The zero-order chi connectivity index (χ0) is 48.9. The van der Waals surface area contributed by atoms with Gasteiger partial charge in [-0.15, -0.1) is 0 Å². The quantitative estimate of drug-likeness (QED) is 0.0886. The smallest absolute Gasteiger partial charge is 0.335 e. The first-order valence-electron chi connectivity index (χ1n) is 24.3. The van der Waals surface area contributed by atoms with Crippen LogP contribution in [0.1, 0.15) is 107 Å². The highest BCUT2D eigenvalue weighted by molar-refractivity contribution is 5.83. The maximum Gasteiger partial charge on any atom is 0.335 e. The summed E-state index contributed by atoms with van der Waals surface area (Å²) in [6, 6.07) is 0. The van der Waals surface area contributed by atoms with Crippen molar-refractivity contribution in [3.8, 4) is 0 Å². The second kappa shape index (κ2) is 16.8. The van der Waals surface area contributed by atoms with Crippen molar-refractivity contribution in [1.29, 1.82) is 0 Å². The number of carboxylic acids is 1. The molecule has 19 nitrogen and oxygen atoms in total. The van der Waals surface area contributed by atoms with E-state index in [1.165, 1.54) is 12.5 Å². The van der Waals surface area contributed by atoms with Gasteiger partial charge in [0.1, 0.15) is 72.6 Å². The minimum absolute atomic E-state index is 0.0490. The van der Waals surface area contributed by atoms with Crippen LogP contribution < -0.4 is 0 Å². The Balaban J connectivity index is 0.993. The van der Waals surface area contributed by atoms with Crippen molar-refractivity contribution in [2.24, 2.45) is 50.2 Å². The van der Waals surface area contributed by atoms with Crippen molar-refractivity contribution in [1.82, 2.24) is 0 Å². The first-order chi connectivity index (χ1) is 31.2. The van der Waals surface area contributed by atoms with Gasteiger partial charge < -0.3 is 84.2 Å². The molecule has 4 heterocycles. The van der Waals surface area contributed by atoms with Gasteiger partial charge in [0, 0.05) is 11.8 Å². The molecule has 0 aromatic heterocycles. The average molecular weight is 955 g/mol. The van der Waals surface area contributed by atoms with Crippen LogP contribution in [0.15, 0.2) is 11.6 Å². The van der Waals surface area contributed by atoms with E-state index in [-0.39, 0.29) is 46.1 Å². The van der Waals surface area contributed by atoms with Crippen LogP contribution in [0, 0.1) is 50.2 Å². The number of carbonyl (C=O) groups is 2. The molecule has 380 valence electrons. The molecular weight excluding hydrogens is 881 g/mol. The van der Waals surface area contributed by atoms with E-state index in [1.807, 2.05) is 0 Å². The Morgan fingerprint density at radius 3 is 2.01 bits per heavy atom. The third-order valence-corrected chi connectivity index (χ3v) is 19.5. The Hall–Kier alpha value is -1.92. The number of carbonyl (C=O) groups excluding carboxylic acids is 1. The first-order valence-corrected chi connectivity index (χ1v) is 24.3. The first kappa shape index (κ1) is 50.0. The van der Waals surface area contributed by atoms with Crippen molar-refractivity contribution >= 4 is 11.9 Å². The Bertz CT molecular complexity index is 1950. The molecule has 4 saturated carbocycles. The molecule has 0 unspecified atom stereocenters. The average Bonchev–Trinajstić information content (AvgIpc) is 3.58. The lowest BCUT2D eigenvalue weighted by Gasteiger charge is -2.71. The lowest BCUT2D eigenvalue weighted by molar-refractivity contribution is -0.395. The zero-order valence-corrected chi connectivity index (χ0v) is 39.7. The number of allylic oxidation sites excluding steroid dienone is 1. The van der Waals surface area contributed by atoms with Crippen molar-refractivity contribution < 1.29 is 93.8 Å². The summed E-state index contributed by atoms with van der Waals surface area (Å²) in [6.07, 6.45) is -20.0. The van der Waals surface area contributed by atoms with Gasteiger partial charge in [0.15, 0.2) is 25.0 Å². The molecule has 5 aliphatic carbocycles. The number of carboxylic acid groups (broad SMARTS) is 1. The van der Waals surface area contributed by atoms with E-state index < -0.39 is 133 Å². The zero-order valence-electron chi connectivity index (χ0n) is 39.7. The highest BCUT2D eigenvalue weighted by Crippen LogP contribution is 2.77. The third-order valence-electron chi connectivity index (χ3n) is 19.5. The van der Waals surface area contributed by atoms with Gasteiger partial charge in [-0.1, -0.05) is 60.1 Å². The predicted molar refractivity (Wildman–Crippen MR) is 229 cm³/mol.